The van der Waals surface area contributed by atoms with Crippen molar-refractivity contribution < 1.29 is 19.7 Å². The third kappa shape index (κ3) is 2.89. The van der Waals surface area contributed by atoms with Crippen molar-refractivity contribution in [3.05, 3.63) is 12.0 Å². The molecular formula is C18H27N5O4. The van der Waals surface area contributed by atoms with Gasteiger partial charge >= 0.3 is 0 Å². The number of hydrogen-bond acceptors (Lipinski definition) is 8. The van der Waals surface area contributed by atoms with Crippen molar-refractivity contribution in [3.63, 3.8) is 0 Å². The van der Waals surface area contributed by atoms with Crippen LogP contribution in [0.2, 0.25) is 0 Å². The van der Waals surface area contributed by atoms with E-state index in [2.05, 4.69) is 20.0 Å². The standard InChI is InChI=1S/C16H21N5O4.C2H6/c1-24-15-14-13(17-8-18-15)10-6-20-5-9(11(22)7-20)16(23)2-3-25-12(4-16)21(10)19-14;1-2/h8-9,11-12,22-23H,2-7H2,1H3;1-2H3. The van der Waals surface area contributed by atoms with Gasteiger partial charge in [0.1, 0.15) is 11.8 Å². The van der Waals surface area contributed by atoms with Crippen LogP contribution >= 0.6 is 0 Å². The molecule has 0 saturated carbocycles. The molecule has 2 saturated heterocycles. The van der Waals surface area contributed by atoms with Gasteiger partial charge in [0.15, 0.2) is 11.7 Å². The van der Waals surface area contributed by atoms with Crippen molar-refractivity contribution in [3.8, 4) is 5.88 Å². The Kier molecular flexibility index (Phi) is 4.79. The Bertz CT molecular complexity index is 827. The number of rotatable bonds is 1. The van der Waals surface area contributed by atoms with Gasteiger partial charge in [0, 0.05) is 38.4 Å². The van der Waals surface area contributed by atoms with Gasteiger partial charge in [0.25, 0.3) is 0 Å². The predicted octanol–water partition coefficient (Wildman–Crippen LogP) is 0.707. The number of hydrogen-bond donors (Lipinski definition) is 2. The Balaban J connectivity index is 0.000000872. The van der Waals surface area contributed by atoms with Gasteiger partial charge in [0.05, 0.1) is 31.1 Å². The average Bonchev–Trinajstić information content (AvgIpc) is 3.24. The lowest BCUT2D eigenvalue weighted by molar-refractivity contribution is -0.166. The van der Waals surface area contributed by atoms with E-state index in [1.807, 2.05) is 18.5 Å². The summed E-state index contributed by atoms with van der Waals surface area (Å²) in [6.07, 6.45) is 1.47. The van der Waals surface area contributed by atoms with Crippen molar-refractivity contribution in [2.24, 2.45) is 5.92 Å². The van der Waals surface area contributed by atoms with Gasteiger partial charge in [-0.25, -0.2) is 9.67 Å². The highest BCUT2D eigenvalue weighted by molar-refractivity contribution is 5.81. The number of fused-ring (bicyclic) bond motifs is 9. The molecule has 2 aromatic rings. The third-order valence-electron chi connectivity index (χ3n) is 5.81. The number of nitrogens with zero attached hydrogens (tertiary/aromatic N) is 5. The first-order chi connectivity index (χ1) is 13.1. The minimum atomic E-state index is -0.952. The van der Waals surface area contributed by atoms with Gasteiger partial charge in [-0.15, -0.1) is 0 Å². The number of aromatic nitrogens is 4. The quantitative estimate of drug-likeness (QED) is 0.748. The first kappa shape index (κ1) is 18.5. The van der Waals surface area contributed by atoms with Crippen molar-refractivity contribution in [2.45, 2.75) is 51.2 Å². The lowest BCUT2D eigenvalue weighted by Gasteiger charge is -2.41. The molecule has 0 radical (unpaired) electrons. The molecule has 4 bridgehead atoms. The third-order valence-corrected chi connectivity index (χ3v) is 5.81. The minimum Gasteiger partial charge on any atom is -0.479 e. The summed E-state index contributed by atoms with van der Waals surface area (Å²) in [6, 6.07) is 0. The second-order valence-electron chi connectivity index (χ2n) is 7.22. The summed E-state index contributed by atoms with van der Waals surface area (Å²) in [5, 5.41) is 26.4. The lowest BCUT2D eigenvalue weighted by atomic mass is 9.78. The highest BCUT2D eigenvalue weighted by atomic mass is 16.5. The van der Waals surface area contributed by atoms with Crippen molar-refractivity contribution in [1.29, 1.82) is 0 Å². The summed E-state index contributed by atoms with van der Waals surface area (Å²) in [5.74, 6) is 0.256. The van der Waals surface area contributed by atoms with Crippen LogP contribution in [0.4, 0.5) is 0 Å². The SMILES string of the molecule is CC.COc1ncnc2c3n(nc12)C1CC(O)(CCO1)C1CN(C3)CC1O. The Morgan fingerprint density at radius 1 is 1.26 bits per heavy atom. The zero-order valence-corrected chi connectivity index (χ0v) is 16.0. The van der Waals surface area contributed by atoms with Crippen molar-refractivity contribution in [1.82, 2.24) is 24.6 Å². The first-order valence-corrected chi connectivity index (χ1v) is 9.59. The maximum atomic E-state index is 11.2. The summed E-state index contributed by atoms with van der Waals surface area (Å²) >= 11 is 0. The maximum absolute atomic E-state index is 11.2. The van der Waals surface area contributed by atoms with E-state index in [0.29, 0.717) is 50.5 Å². The van der Waals surface area contributed by atoms with Crippen LogP contribution in [0.5, 0.6) is 5.88 Å². The normalized spacial score (nSPS) is 34.7. The van der Waals surface area contributed by atoms with Gasteiger partial charge < -0.3 is 19.7 Å². The topological polar surface area (TPSA) is 106 Å². The van der Waals surface area contributed by atoms with E-state index < -0.39 is 11.7 Å². The predicted molar refractivity (Wildman–Crippen MR) is 97.2 cm³/mol. The van der Waals surface area contributed by atoms with Crippen LogP contribution in [0.15, 0.2) is 6.33 Å². The van der Waals surface area contributed by atoms with Gasteiger partial charge in [-0.3, -0.25) is 4.90 Å². The zero-order chi connectivity index (χ0) is 19.2. The van der Waals surface area contributed by atoms with E-state index in [1.165, 1.54) is 6.33 Å². The van der Waals surface area contributed by atoms with Crippen LogP contribution in [0, 0.1) is 5.92 Å². The second-order valence-corrected chi connectivity index (χ2v) is 7.22. The molecule has 0 amide bonds. The van der Waals surface area contributed by atoms with E-state index in [0.717, 1.165) is 11.2 Å². The largest absolute Gasteiger partial charge is 0.479 e. The number of methoxy groups -OCH3 is 1. The van der Waals surface area contributed by atoms with E-state index >= 15 is 0 Å². The van der Waals surface area contributed by atoms with Crippen LogP contribution in [-0.4, -0.2) is 73.4 Å². The highest BCUT2D eigenvalue weighted by Gasteiger charge is 2.50. The fourth-order valence-corrected chi connectivity index (χ4v) is 4.54. The Morgan fingerprint density at radius 2 is 2.07 bits per heavy atom. The van der Waals surface area contributed by atoms with Crippen LogP contribution < -0.4 is 4.74 Å². The molecule has 0 aromatic carbocycles. The van der Waals surface area contributed by atoms with Crippen molar-refractivity contribution >= 4 is 11.0 Å². The molecule has 3 aliphatic rings. The zero-order valence-electron chi connectivity index (χ0n) is 16.0. The van der Waals surface area contributed by atoms with Crippen LogP contribution in [0.25, 0.3) is 11.0 Å². The molecule has 3 aliphatic heterocycles. The van der Waals surface area contributed by atoms with E-state index in [1.54, 1.807) is 7.11 Å². The molecular weight excluding hydrogens is 350 g/mol. The molecule has 9 nitrogen and oxygen atoms in total. The monoisotopic (exact) mass is 377 g/mol. The maximum Gasteiger partial charge on any atom is 0.245 e. The molecule has 5 atom stereocenters. The van der Waals surface area contributed by atoms with Gasteiger partial charge in [-0.2, -0.15) is 10.1 Å². The molecule has 2 N–H and O–H groups in total. The van der Waals surface area contributed by atoms with Crippen LogP contribution in [0.3, 0.4) is 0 Å². The Labute approximate surface area is 157 Å². The molecule has 2 fully saturated rings. The number of ether oxygens (including phenoxy) is 2. The minimum absolute atomic E-state index is 0.168. The highest BCUT2D eigenvalue weighted by Crippen LogP contribution is 2.43. The molecule has 5 heterocycles. The van der Waals surface area contributed by atoms with Crippen LogP contribution in [-0.2, 0) is 11.3 Å². The Hall–Kier alpha value is -1.81. The van der Waals surface area contributed by atoms with E-state index in [-0.39, 0.29) is 12.1 Å². The average molecular weight is 377 g/mol. The lowest BCUT2D eigenvalue weighted by Crippen LogP contribution is -2.49. The molecule has 9 heteroatoms. The summed E-state index contributed by atoms with van der Waals surface area (Å²) < 4.78 is 13.1. The molecule has 2 aromatic heterocycles. The first-order valence-electron chi connectivity index (χ1n) is 9.59. The molecule has 0 aliphatic carbocycles. The number of aliphatic hydroxyl groups is 2. The summed E-state index contributed by atoms with van der Waals surface area (Å²) in [4.78, 5) is 10.7. The van der Waals surface area contributed by atoms with Gasteiger partial charge in [-0.05, 0) is 0 Å². The molecule has 148 valence electrons. The number of aliphatic hydroxyl groups excluding tert-OH is 1. The van der Waals surface area contributed by atoms with E-state index in [9.17, 15) is 10.2 Å². The molecule has 5 rings (SSSR count). The molecule has 27 heavy (non-hydrogen) atoms. The van der Waals surface area contributed by atoms with Gasteiger partial charge in [0.2, 0.25) is 5.88 Å². The smallest absolute Gasteiger partial charge is 0.245 e. The van der Waals surface area contributed by atoms with Gasteiger partial charge in [-0.1, -0.05) is 13.8 Å². The molecule has 0 spiro atoms. The summed E-state index contributed by atoms with van der Waals surface area (Å²) in [7, 11) is 1.56. The fourth-order valence-electron chi connectivity index (χ4n) is 4.54. The summed E-state index contributed by atoms with van der Waals surface area (Å²) in [6.45, 7) is 6.20. The molecule has 5 unspecified atom stereocenters. The van der Waals surface area contributed by atoms with E-state index in [4.69, 9.17) is 9.47 Å². The second kappa shape index (κ2) is 6.97. The fraction of sp³-hybridized carbons (Fsp3) is 0.722. The van der Waals surface area contributed by atoms with Crippen LogP contribution in [0.1, 0.15) is 38.6 Å². The Morgan fingerprint density at radius 3 is 2.85 bits per heavy atom. The van der Waals surface area contributed by atoms with Crippen molar-refractivity contribution in [2.75, 3.05) is 26.8 Å². The summed E-state index contributed by atoms with van der Waals surface area (Å²) in [5.41, 5.74) is 1.27.